The Hall–Kier alpha value is -1.95. The van der Waals surface area contributed by atoms with Crippen LogP contribution in [0.4, 0.5) is 0 Å². The van der Waals surface area contributed by atoms with Crippen LogP contribution >= 0.6 is 0 Å². The van der Waals surface area contributed by atoms with Gasteiger partial charge in [0, 0.05) is 24.7 Å². The molecule has 22 heavy (non-hydrogen) atoms. The molecule has 6 heteroatoms. The maximum Gasteiger partial charge on any atom is 0.258 e. The van der Waals surface area contributed by atoms with E-state index in [1.54, 1.807) is 26.4 Å². The molecule has 0 bridgehead atoms. The van der Waals surface area contributed by atoms with Crippen LogP contribution in [0.15, 0.2) is 12.1 Å². The third-order valence-electron chi connectivity index (χ3n) is 4.19. The highest BCUT2D eigenvalue weighted by Gasteiger charge is 2.33. The van der Waals surface area contributed by atoms with E-state index in [4.69, 9.17) is 19.9 Å². The van der Waals surface area contributed by atoms with E-state index in [0.29, 0.717) is 41.8 Å². The van der Waals surface area contributed by atoms with Gasteiger partial charge in [-0.25, -0.2) is 0 Å². The fourth-order valence-corrected chi connectivity index (χ4v) is 2.95. The molecule has 2 unspecified atom stereocenters. The second kappa shape index (κ2) is 6.87. The first kappa shape index (κ1) is 16.4. The summed E-state index contributed by atoms with van der Waals surface area (Å²) in [7, 11) is 4.63. The summed E-state index contributed by atoms with van der Waals surface area (Å²) in [5.41, 5.74) is 6.21. The van der Waals surface area contributed by atoms with E-state index in [-0.39, 0.29) is 11.9 Å². The summed E-state index contributed by atoms with van der Waals surface area (Å²) in [6.45, 7) is 3.31. The van der Waals surface area contributed by atoms with Gasteiger partial charge >= 0.3 is 0 Å². The first-order chi connectivity index (χ1) is 10.5. The average molecular weight is 308 g/mol. The molecule has 0 spiro atoms. The van der Waals surface area contributed by atoms with Gasteiger partial charge in [0.2, 0.25) is 0 Å². The Morgan fingerprint density at radius 1 is 1.18 bits per heavy atom. The fraction of sp³-hybridized carbons (Fsp3) is 0.562. The molecule has 2 atom stereocenters. The monoisotopic (exact) mass is 308 g/mol. The van der Waals surface area contributed by atoms with Gasteiger partial charge in [0.15, 0.2) is 11.5 Å². The molecule has 1 aromatic rings. The summed E-state index contributed by atoms with van der Waals surface area (Å²) in [5, 5.41) is 0. The van der Waals surface area contributed by atoms with Crippen LogP contribution in [0.25, 0.3) is 0 Å². The first-order valence-corrected chi connectivity index (χ1v) is 7.36. The van der Waals surface area contributed by atoms with Crippen LogP contribution in [0.5, 0.6) is 17.2 Å². The molecule has 0 aromatic heterocycles. The topological polar surface area (TPSA) is 74.0 Å². The van der Waals surface area contributed by atoms with Gasteiger partial charge in [0.1, 0.15) is 5.75 Å². The molecule has 1 heterocycles. The van der Waals surface area contributed by atoms with E-state index in [1.807, 2.05) is 11.8 Å². The lowest BCUT2D eigenvalue weighted by Crippen LogP contribution is -2.34. The zero-order valence-electron chi connectivity index (χ0n) is 13.6. The quantitative estimate of drug-likeness (QED) is 0.893. The number of nitrogens with two attached hydrogens (primary N) is 1. The van der Waals surface area contributed by atoms with Crippen molar-refractivity contribution in [2.24, 2.45) is 11.7 Å². The predicted molar refractivity (Wildman–Crippen MR) is 83.8 cm³/mol. The lowest BCUT2D eigenvalue weighted by Gasteiger charge is -2.23. The van der Waals surface area contributed by atoms with Gasteiger partial charge in [-0.05, 0) is 25.8 Å². The molecule has 122 valence electrons. The Labute approximate surface area is 131 Å². The Balaban J connectivity index is 2.36. The standard InChI is InChI=1S/C16H24N2O4/c1-10-5-11(8-17)9-18(10)16(19)12-6-14(21-3)15(22-4)7-13(12)20-2/h6-7,10-11H,5,8-9,17H2,1-4H3. The third-order valence-corrected chi connectivity index (χ3v) is 4.19. The van der Waals surface area contributed by atoms with Crippen LogP contribution in [0.2, 0.25) is 0 Å². The summed E-state index contributed by atoms with van der Waals surface area (Å²) in [6.07, 6.45) is 0.928. The number of nitrogens with zero attached hydrogens (tertiary/aromatic N) is 1. The number of methoxy groups -OCH3 is 3. The number of carbonyl (C=O) groups is 1. The number of carbonyl (C=O) groups excluding carboxylic acids is 1. The lowest BCUT2D eigenvalue weighted by atomic mass is 10.1. The molecule has 1 fully saturated rings. The van der Waals surface area contributed by atoms with E-state index in [2.05, 4.69) is 0 Å². The summed E-state index contributed by atoms with van der Waals surface area (Å²) < 4.78 is 15.9. The molecular formula is C16H24N2O4. The predicted octanol–water partition coefficient (Wildman–Crippen LogP) is 1.52. The Kier molecular flexibility index (Phi) is 5.13. The van der Waals surface area contributed by atoms with Crippen LogP contribution in [-0.2, 0) is 0 Å². The van der Waals surface area contributed by atoms with E-state index in [9.17, 15) is 4.79 Å². The maximum absolute atomic E-state index is 12.9. The van der Waals surface area contributed by atoms with Crippen molar-refractivity contribution in [3.05, 3.63) is 17.7 Å². The molecular weight excluding hydrogens is 284 g/mol. The molecule has 0 saturated carbocycles. The van der Waals surface area contributed by atoms with Crippen molar-refractivity contribution in [2.75, 3.05) is 34.4 Å². The zero-order valence-corrected chi connectivity index (χ0v) is 13.6. The number of benzene rings is 1. The first-order valence-electron chi connectivity index (χ1n) is 7.36. The molecule has 6 nitrogen and oxygen atoms in total. The van der Waals surface area contributed by atoms with Crippen molar-refractivity contribution in [3.8, 4) is 17.2 Å². The third kappa shape index (κ3) is 2.97. The van der Waals surface area contributed by atoms with Crippen molar-refractivity contribution >= 4 is 5.91 Å². The molecule has 1 amide bonds. The second-order valence-corrected chi connectivity index (χ2v) is 5.55. The van der Waals surface area contributed by atoms with Gasteiger partial charge in [-0.3, -0.25) is 4.79 Å². The van der Waals surface area contributed by atoms with Gasteiger partial charge in [0.05, 0.1) is 26.9 Å². The molecule has 0 radical (unpaired) electrons. The summed E-state index contributed by atoms with van der Waals surface area (Å²) in [5.74, 6) is 1.80. The van der Waals surface area contributed by atoms with Crippen LogP contribution in [0.1, 0.15) is 23.7 Å². The van der Waals surface area contributed by atoms with Crippen molar-refractivity contribution in [1.82, 2.24) is 4.90 Å². The highest BCUT2D eigenvalue weighted by Crippen LogP contribution is 2.36. The van der Waals surface area contributed by atoms with Crippen LogP contribution in [-0.4, -0.2) is 51.3 Å². The average Bonchev–Trinajstić information content (AvgIpc) is 2.93. The minimum absolute atomic E-state index is 0.0683. The highest BCUT2D eigenvalue weighted by molar-refractivity contribution is 5.98. The summed E-state index contributed by atoms with van der Waals surface area (Å²) >= 11 is 0. The van der Waals surface area contributed by atoms with E-state index >= 15 is 0 Å². The Bertz CT molecular complexity index is 547. The van der Waals surface area contributed by atoms with Crippen molar-refractivity contribution < 1.29 is 19.0 Å². The van der Waals surface area contributed by atoms with E-state index in [1.165, 1.54) is 7.11 Å². The molecule has 2 N–H and O–H groups in total. The number of ether oxygens (including phenoxy) is 3. The number of likely N-dealkylation sites (tertiary alicyclic amines) is 1. The minimum atomic E-state index is -0.0683. The number of hydrogen-bond acceptors (Lipinski definition) is 5. The highest BCUT2D eigenvalue weighted by atomic mass is 16.5. The fourth-order valence-electron chi connectivity index (χ4n) is 2.95. The summed E-state index contributed by atoms with van der Waals surface area (Å²) in [4.78, 5) is 14.7. The number of rotatable bonds is 5. The Morgan fingerprint density at radius 3 is 2.27 bits per heavy atom. The normalized spacial score (nSPS) is 20.9. The zero-order chi connectivity index (χ0) is 16.3. The second-order valence-electron chi connectivity index (χ2n) is 5.55. The van der Waals surface area contributed by atoms with Gasteiger partial charge in [-0.2, -0.15) is 0 Å². The van der Waals surface area contributed by atoms with E-state index in [0.717, 1.165) is 6.42 Å². The Morgan fingerprint density at radius 2 is 1.77 bits per heavy atom. The summed E-state index contributed by atoms with van der Waals surface area (Å²) in [6, 6.07) is 3.51. The van der Waals surface area contributed by atoms with Gasteiger partial charge in [-0.15, -0.1) is 0 Å². The maximum atomic E-state index is 12.9. The smallest absolute Gasteiger partial charge is 0.258 e. The molecule has 1 aromatic carbocycles. The van der Waals surface area contributed by atoms with Crippen molar-refractivity contribution in [3.63, 3.8) is 0 Å². The SMILES string of the molecule is COc1cc(OC)c(C(=O)N2CC(CN)CC2C)cc1OC. The minimum Gasteiger partial charge on any atom is -0.496 e. The molecule has 1 aliphatic heterocycles. The van der Waals surface area contributed by atoms with Crippen molar-refractivity contribution in [2.45, 2.75) is 19.4 Å². The van der Waals surface area contributed by atoms with Crippen LogP contribution in [0, 0.1) is 5.92 Å². The van der Waals surface area contributed by atoms with Gasteiger partial charge in [-0.1, -0.05) is 0 Å². The number of hydrogen-bond donors (Lipinski definition) is 1. The van der Waals surface area contributed by atoms with Crippen LogP contribution < -0.4 is 19.9 Å². The van der Waals surface area contributed by atoms with E-state index < -0.39 is 0 Å². The molecule has 1 aliphatic rings. The van der Waals surface area contributed by atoms with Gasteiger partial charge < -0.3 is 24.8 Å². The van der Waals surface area contributed by atoms with Gasteiger partial charge in [0.25, 0.3) is 5.91 Å². The largest absolute Gasteiger partial charge is 0.496 e. The molecule has 0 aliphatic carbocycles. The lowest BCUT2D eigenvalue weighted by molar-refractivity contribution is 0.0739. The van der Waals surface area contributed by atoms with Crippen LogP contribution in [0.3, 0.4) is 0 Å². The van der Waals surface area contributed by atoms with Crippen molar-refractivity contribution in [1.29, 1.82) is 0 Å². The molecule has 1 saturated heterocycles. The number of amides is 1. The molecule has 2 rings (SSSR count).